The average molecular weight is 249 g/mol. The number of hydrogen-bond acceptors (Lipinski definition) is 4. The molecule has 4 heteroatoms. The third kappa shape index (κ3) is 3.06. The fraction of sp³-hybridized carbons (Fsp3) is 0.643. The molecule has 1 atom stereocenters. The second-order valence-corrected chi connectivity index (χ2v) is 5.62. The highest BCUT2D eigenvalue weighted by Crippen LogP contribution is 2.26. The van der Waals surface area contributed by atoms with Crippen LogP contribution in [0.1, 0.15) is 58.3 Å². The van der Waals surface area contributed by atoms with Crippen molar-refractivity contribution in [2.24, 2.45) is 5.92 Å². The minimum absolute atomic E-state index is 0.0383. The van der Waals surface area contributed by atoms with Crippen molar-refractivity contribution in [3.63, 3.8) is 0 Å². The van der Waals surface area contributed by atoms with E-state index in [0.29, 0.717) is 5.56 Å². The summed E-state index contributed by atoms with van der Waals surface area (Å²) in [5.74, 6) is -1.02. The van der Waals surface area contributed by atoms with Crippen molar-refractivity contribution in [2.75, 3.05) is 0 Å². The fourth-order valence-electron chi connectivity index (χ4n) is 1.80. The highest BCUT2D eigenvalue weighted by atomic mass is 16.4. The zero-order valence-corrected chi connectivity index (χ0v) is 11.7. The van der Waals surface area contributed by atoms with E-state index < -0.39 is 11.9 Å². The molecule has 0 aliphatic heterocycles. The summed E-state index contributed by atoms with van der Waals surface area (Å²) in [6, 6.07) is 0. The molecule has 0 N–H and O–H groups in total. The first-order valence-corrected chi connectivity index (χ1v) is 6.33. The quantitative estimate of drug-likeness (QED) is 0.796. The molecule has 1 unspecified atom stereocenters. The van der Waals surface area contributed by atoms with Gasteiger partial charge in [-0.3, -0.25) is 0 Å². The molecule has 0 saturated heterocycles. The van der Waals surface area contributed by atoms with Crippen molar-refractivity contribution < 1.29 is 9.90 Å². The third-order valence-corrected chi connectivity index (χ3v) is 3.44. The molecule has 0 spiro atoms. The predicted octanol–water partition coefficient (Wildman–Crippen LogP) is 1.65. The van der Waals surface area contributed by atoms with Crippen LogP contribution in [0, 0.1) is 5.92 Å². The van der Waals surface area contributed by atoms with Crippen LogP contribution in [-0.4, -0.2) is 15.9 Å². The number of aliphatic carboxylic acids is 1. The zero-order chi connectivity index (χ0) is 13.9. The molecular formula is C14H21N2O2-. The Bertz CT molecular complexity index is 410. The molecule has 4 nitrogen and oxygen atoms in total. The molecule has 0 radical (unpaired) electrons. The van der Waals surface area contributed by atoms with Gasteiger partial charge in [-0.05, 0) is 17.9 Å². The maximum atomic E-state index is 11.1. The summed E-state index contributed by atoms with van der Waals surface area (Å²) < 4.78 is 0. The zero-order valence-electron chi connectivity index (χ0n) is 11.7. The normalized spacial score (nSPS) is 13.7. The number of carbonyl (C=O) groups excluding carboxylic acids is 1. The Balaban J connectivity index is 3.05. The van der Waals surface area contributed by atoms with E-state index in [1.165, 1.54) is 0 Å². The highest BCUT2D eigenvalue weighted by molar-refractivity contribution is 5.74. The van der Waals surface area contributed by atoms with Crippen LogP contribution in [-0.2, 0) is 10.2 Å². The Labute approximate surface area is 108 Å². The number of rotatable bonds is 5. The average Bonchev–Trinajstić information content (AvgIpc) is 2.29. The minimum atomic E-state index is -1.07. The van der Waals surface area contributed by atoms with Gasteiger partial charge in [0.2, 0.25) is 0 Å². The summed E-state index contributed by atoms with van der Waals surface area (Å²) >= 11 is 0. The molecule has 100 valence electrons. The van der Waals surface area contributed by atoms with E-state index in [-0.39, 0.29) is 11.3 Å². The lowest BCUT2D eigenvalue weighted by molar-refractivity contribution is -0.309. The van der Waals surface area contributed by atoms with E-state index in [2.05, 4.69) is 30.7 Å². The Morgan fingerprint density at radius 2 is 1.83 bits per heavy atom. The van der Waals surface area contributed by atoms with Gasteiger partial charge in [0, 0.05) is 29.7 Å². The Morgan fingerprint density at radius 1 is 1.33 bits per heavy atom. The van der Waals surface area contributed by atoms with Crippen LogP contribution in [0.3, 0.4) is 0 Å². The molecule has 1 aromatic rings. The topological polar surface area (TPSA) is 65.9 Å². The SMILES string of the molecule is CCC(C)(C)c1ncc(C(C(=O)[O-])C(C)C)cn1. The van der Waals surface area contributed by atoms with Crippen molar-refractivity contribution in [3.05, 3.63) is 23.8 Å². The lowest BCUT2D eigenvalue weighted by Crippen LogP contribution is -2.33. The van der Waals surface area contributed by atoms with E-state index in [1.807, 2.05) is 13.8 Å². The maximum absolute atomic E-state index is 11.1. The van der Waals surface area contributed by atoms with Crippen LogP contribution in [0.5, 0.6) is 0 Å². The summed E-state index contributed by atoms with van der Waals surface area (Å²) in [5.41, 5.74) is 0.522. The fourth-order valence-corrected chi connectivity index (χ4v) is 1.80. The van der Waals surface area contributed by atoms with Crippen LogP contribution >= 0.6 is 0 Å². The van der Waals surface area contributed by atoms with Crippen LogP contribution in [0.25, 0.3) is 0 Å². The summed E-state index contributed by atoms with van der Waals surface area (Å²) in [7, 11) is 0. The standard InChI is InChI=1S/C14H22N2O2/c1-6-14(4,5)13-15-7-10(8-16-13)11(9(2)3)12(17)18/h7-9,11H,6H2,1-5H3,(H,17,18)/p-1. The van der Waals surface area contributed by atoms with Crippen molar-refractivity contribution in [3.8, 4) is 0 Å². The molecule has 1 rings (SSSR count). The summed E-state index contributed by atoms with van der Waals surface area (Å²) in [6.07, 6.45) is 4.15. The minimum Gasteiger partial charge on any atom is -0.549 e. The van der Waals surface area contributed by atoms with Crippen LogP contribution in [0.15, 0.2) is 12.4 Å². The summed E-state index contributed by atoms with van der Waals surface area (Å²) in [6.45, 7) is 9.92. The van der Waals surface area contributed by atoms with Crippen molar-refractivity contribution in [2.45, 2.75) is 52.4 Å². The van der Waals surface area contributed by atoms with Gasteiger partial charge < -0.3 is 9.90 Å². The van der Waals surface area contributed by atoms with E-state index in [0.717, 1.165) is 12.2 Å². The number of aromatic nitrogens is 2. The van der Waals surface area contributed by atoms with Crippen LogP contribution in [0.2, 0.25) is 0 Å². The first-order chi connectivity index (χ1) is 8.29. The first kappa shape index (κ1) is 14.6. The third-order valence-electron chi connectivity index (χ3n) is 3.44. The molecule has 1 aromatic heterocycles. The Morgan fingerprint density at radius 3 is 2.17 bits per heavy atom. The number of nitrogens with zero attached hydrogens (tertiary/aromatic N) is 2. The first-order valence-electron chi connectivity index (χ1n) is 6.33. The molecule has 18 heavy (non-hydrogen) atoms. The molecule has 0 aromatic carbocycles. The largest absolute Gasteiger partial charge is 0.549 e. The number of hydrogen-bond donors (Lipinski definition) is 0. The monoisotopic (exact) mass is 249 g/mol. The highest BCUT2D eigenvalue weighted by Gasteiger charge is 2.23. The second kappa shape index (κ2) is 5.46. The van der Waals surface area contributed by atoms with Crippen LogP contribution in [0.4, 0.5) is 0 Å². The van der Waals surface area contributed by atoms with Gasteiger partial charge in [0.1, 0.15) is 5.82 Å². The predicted molar refractivity (Wildman–Crippen MR) is 67.9 cm³/mol. The molecule has 0 aliphatic carbocycles. The number of carbonyl (C=O) groups is 1. The van der Waals surface area contributed by atoms with E-state index in [9.17, 15) is 9.90 Å². The molecule has 0 bridgehead atoms. The number of carboxylic acids is 1. The van der Waals surface area contributed by atoms with Gasteiger partial charge in [-0.1, -0.05) is 34.6 Å². The lowest BCUT2D eigenvalue weighted by Gasteiger charge is -2.24. The Hall–Kier alpha value is -1.45. The van der Waals surface area contributed by atoms with Gasteiger partial charge in [-0.2, -0.15) is 0 Å². The van der Waals surface area contributed by atoms with Gasteiger partial charge in [0.25, 0.3) is 0 Å². The van der Waals surface area contributed by atoms with E-state index >= 15 is 0 Å². The summed E-state index contributed by atoms with van der Waals surface area (Å²) in [5, 5.41) is 11.1. The van der Waals surface area contributed by atoms with Gasteiger partial charge in [0.05, 0.1) is 0 Å². The molecule has 0 fully saturated rings. The molecular weight excluding hydrogens is 228 g/mol. The Kier molecular flexibility index (Phi) is 4.43. The van der Waals surface area contributed by atoms with Gasteiger partial charge in [0.15, 0.2) is 0 Å². The van der Waals surface area contributed by atoms with Crippen LogP contribution < -0.4 is 5.11 Å². The van der Waals surface area contributed by atoms with Gasteiger partial charge >= 0.3 is 0 Å². The molecule has 1 heterocycles. The van der Waals surface area contributed by atoms with E-state index in [1.54, 1.807) is 12.4 Å². The smallest absolute Gasteiger partial charge is 0.133 e. The number of carboxylic acid groups (broad SMARTS) is 1. The summed E-state index contributed by atoms with van der Waals surface area (Å²) in [4.78, 5) is 19.7. The van der Waals surface area contributed by atoms with Crippen molar-refractivity contribution in [1.29, 1.82) is 0 Å². The molecule has 0 aliphatic rings. The van der Waals surface area contributed by atoms with Crippen molar-refractivity contribution in [1.82, 2.24) is 9.97 Å². The van der Waals surface area contributed by atoms with Gasteiger partial charge in [-0.25, -0.2) is 9.97 Å². The lowest BCUT2D eigenvalue weighted by atomic mass is 9.88. The van der Waals surface area contributed by atoms with E-state index in [4.69, 9.17) is 0 Å². The molecule has 0 saturated carbocycles. The maximum Gasteiger partial charge on any atom is 0.133 e. The second-order valence-electron chi connectivity index (χ2n) is 5.62. The molecule has 0 amide bonds. The van der Waals surface area contributed by atoms with Crippen molar-refractivity contribution >= 4 is 5.97 Å². The van der Waals surface area contributed by atoms with Gasteiger partial charge in [-0.15, -0.1) is 0 Å².